The van der Waals surface area contributed by atoms with Gasteiger partial charge in [-0.15, -0.1) is 11.3 Å². The van der Waals surface area contributed by atoms with Gasteiger partial charge in [-0.1, -0.05) is 17.7 Å². The molecule has 2 aromatic carbocycles. The van der Waals surface area contributed by atoms with Crippen molar-refractivity contribution < 1.29 is 14.3 Å². The lowest BCUT2D eigenvalue weighted by Crippen LogP contribution is -2.03. The molecule has 28 heavy (non-hydrogen) atoms. The molecule has 3 aromatic rings. The minimum absolute atomic E-state index is 0.136. The molecule has 0 fully saturated rings. The number of ether oxygens (including phenoxy) is 2. The average molecular weight is 414 g/mol. The van der Waals surface area contributed by atoms with Crippen molar-refractivity contribution in [3.8, 4) is 17.6 Å². The van der Waals surface area contributed by atoms with Gasteiger partial charge in [0.05, 0.1) is 19.9 Å². The Bertz CT molecular complexity index is 1090. The number of thiophene rings is 1. The lowest BCUT2D eigenvalue weighted by molar-refractivity contribution is 0.104. The Hall–Kier alpha value is -3.21. The van der Waals surface area contributed by atoms with Gasteiger partial charge in [0.2, 0.25) is 5.78 Å². The number of carbonyl (C=O) groups excluding carboxylic acids is 1. The molecular formula is C20H16ClN3O3S. The molecule has 0 bridgehead atoms. The zero-order chi connectivity index (χ0) is 20.3. The van der Waals surface area contributed by atoms with E-state index in [0.29, 0.717) is 32.8 Å². The second-order valence-corrected chi connectivity index (χ2v) is 7.15. The highest BCUT2D eigenvalue weighted by Crippen LogP contribution is 2.39. The van der Waals surface area contributed by atoms with Crippen LogP contribution in [0, 0.1) is 11.3 Å². The van der Waals surface area contributed by atoms with Gasteiger partial charge in [0, 0.05) is 16.3 Å². The molecule has 0 saturated carbocycles. The lowest BCUT2D eigenvalue weighted by atomic mass is 10.1. The number of nitrogen functional groups attached to an aromatic ring is 1. The Morgan fingerprint density at radius 1 is 1.18 bits per heavy atom. The molecule has 0 unspecified atom stereocenters. The number of hydrogen-bond donors (Lipinski definition) is 2. The second kappa shape index (κ2) is 8.21. The molecule has 1 heterocycles. The van der Waals surface area contributed by atoms with Crippen LogP contribution in [0.1, 0.15) is 20.8 Å². The molecular weight excluding hydrogens is 398 g/mol. The number of nitrogens with one attached hydrogen (secondary N) is 1. The summed E-state index contributed by atoms with van der Waals surface area (Å²) in [7, 11) is 3.01. The molecule has 6 nitrogen and oxygen atoms in total. The quantitative estimate of drug-likeness (QED) is 0.561. The van der Waals surface area contributed by atoms with Crippen LogP contribution in [0.25, 0.3) is 0 Å². The van der Waals surface area contributed by atoms with E-state index in [2.05, 4.69) is 11.4 Å². The number of halogens is 1. The Morgan fingerprint density at radius 3 is 2.57 bits per heavy atom. The van der Waals surface area contributed by atoms with Crippen LogP contribution < -0.4 is 20.5 Å². The smallest absolute Gasteiger partial charge is 0.205 e. The molecule has 0 spiro atoms. The SMILES string of the molecule is COc1ccc(C(=O)c2sc(Nc3cccc(Cl)c3)c(C#N)c2N)cc1OC. The number of rotatable bonds is 6. The van der Waals surface area contributed by atoms with E-state index >= 15 is 0 Å². The van der Waals surface area contributed by atoms with Crippen LogP contribution in [0.15, 0.2) is 42.5 Å². The van der Waals surface area contributed by atoms with Crippen LogP contribution in [-0.2, 0) is 0 Å². The first-order valence-electron chi connectivity index (χ1n) is 8.10. The molecule has 8 heteroatoms. The van der Waals surface area contributed by atoms with E-state index in [1.807, 2.05) is 0 Å². The summed E-state index contributed by atoms with van der Waals surface area (Å²) in [6.07, 6.45) is 0. The molecule has 0 aliphatic carbocycles. The third-order valence-corrected chi connectivity index (χ3v) is 5.35. The molecule has 0 atom stereocenters. The lowest BCUT2D eigenvalue weighted by Gasteiger charge is -2.08. The van der Waals surface area contributed by atoms with E-state index < -0.39 is 0 Å². The van der Waals surface area contributed by atoms with Crippen LogP contribution in [0.2, 0.25) is 5.02 Å². The van der Waals surface area contributed by atoms with Crippen molar-refractivity contribution in [1.82, 2.24) is 0 Å². The maximum atomic E-state index is 13.0. The second-order valence-electron chi connectivity index (χ2n) is 5.70. The Morgan fingerprint density at radius 2 is 1.93 bits per heavy atom. The van der Waals surface area contributed by atoms with Crippen LogP contribution in [0.5, 0.6) is 11.5 Å². The summed E-state index contributed by atoms with van der Waals surface area (Å²) in [5, 5.41) is 13.6. The molecule has 0 amide bonds. The van der Waals surface area contributed by atoms with Crippen LogP contribution in [-0.4, -0.2) is 20.0 Å². The molecule has 0 aliphatic heterocycles. The monoisotopic (exact) mass is 413 g/mol. The maximum Gasteiger partial charge on any atom is 0.205 e. The van der Waals surface area contributed by atoms with Gasteiger partial charge in [-0.3, -0.25) is 4.79 Å². The number of benzene rings is 2. The number of methoxy groups -OCH3 is 2. The van der Waals surface area contributed by atoms with Gasteiger partial charge in [0.25, 0.3) is 0 Å². The van der Waals surface area contributed by atoms with E-state index in [4.69, 9.17) is 26.8 Å². The van der Waals surface area contributed by atoms with Gasteiger partial charge in [-0.2, -0.15) is 5.26 Å². The molecule has 0 aliphatic rings. The fourth-order valence-corrected chi connectivity index (χ4v) is 3.86. The predicted octanol–water partition coefficient (Wildman–Crippen LogP) is 4.85. The van der Waals surface area contributed by atoms with Gasteiger partial charge in [0.1, 0.15) is 21.5 Å². The first kappa shape index (κ1) is 19.5. The van der Waals surface area contributed by atoms with Gasteiger partial charge in [0.15, 0.2) is 11.5 Å². The van der Waals surface area contributed by atoms with Gasteiger partial charge < -0.3 is 20.5 Å². The normalized spacial score (nSPS) is 10.2. The number of nitrogens with zero attached hydrogens (tertiary/aromatic N) is 1. The first-order valence-corrected chi connectivity index (χ1v) is 9.29. The number of carbonyl (C=O) groups is 1. The average Bonchev–Trinajstić information content (AvgIpc) is 3.01. The number of anilines is 3. The van der Waals surface area contributed by atoms with Gasteiger partial charge in [-0.25, -0.2) is 0 Å². The molecule has 0 radical (unpaired) electrons. The molecule has 142 valence electrons. The van der Waals surface area contributed by atoms with Crippen LogP contribution in [0.3, 0.4) is 0 Å². The third kappa shape index (κ3) is 3.74. The van der Waals surface area contributed by atoms with E-state index in [9.17, 15) is 10.1 Å². The number of nitriles is 1. The molecule has 3 N–H and O–H groups in total. The van der Waals surface area contributed by atoms with Crippen molar-refractivity contribution in [3.05, 3.63) is 63.5 Å². The predicted molar refractivity (Wildman–Crippen MR) is 111 cm³/mol. The van der Waals surface area contributed by atoms with Crippen molar-refractivity contribution >= 4 is 45.1 Å². The van der Waals surface area contributed by atoms with Crippen molar-refractivity contribution in [2.45, 2.75) is 0 Å². The topological polar surface area (TPSA) is 97.4 Å². The zero-order valence-corrected chi connectivity index (χ0v) is 16.6. The summed E-state index contributed by atoms with van der Waals surface area (Å²) in [6, 6.07) is 14.0. The highest BCUT2D eigenvalue weighted by Gasteiger charge is 2.23. The van der Waals surface area contributed by atoms with E-state index in [1.165, 1.54) is 14.2 Å². The van der Waals surface area contributed by atoms with Crippen molar-refractivity contribution in [1.29, 1.82) is 5.26 Å². The zero-order valence-electron chi connectivity index (χ0n) is 15.1. The van der Waals surface area contributed by atoms with Crippen molar-refractivity contribution in [2.24, 2.45) is 0 Å². The molecule has 0 saturated heterocycles. The summed E-state index contributed by atoms with van der Waals surface area (Å²) >= 11 is 7.12. The van der Waals surface area contributed by atoms with Crippen LogP contribution >= 0.6 is 22.9 Å². The number of hydrogen-bond acceptors (Lipinski definition) is 7. The summed E-state index contributed by atoms with van der Waals surface area (Å²) in [5.74, 6) is 0.639. The summed E-state index contributed by atoms with van der Waals surface area (Å²) in [6.45, 7) is 0. The summed E-state index contributed by atoms with van der Waals surface area (Å²) < 4.78 is 10.4. The van der Waals surface area contributed by atoms with E-state index in [0.717, 1.165) is 11.3 Å². The van der Waals surface area contributed by atoms with Crippen molar-refractivity contribution in [2.75, 3.05) is 25.3 Å². The minimum atomic E-state index is -0.306. The highest BCUT2D eigenvalue weighted by atomic mass is 35.5. The van der Waals surface area contributed by atoms with Crippen molar-refractivity contribution in [3.63, 3.8) is 0 Å². The summed E-state index contributed by atoms with van der Waals surface area (Å²) in [5.41, 5.74) is 7.53. The fraction of sp³-hybridized carbons (Fsp3) is 0.100. The van der Waals surface area contributed by atoms with E-state index in [1.54, 1.807) is 42.5 Å². The Kier molecular flexibility index (Phi) is 5.73. The van der Waals surface area contributed by atoms with Crippen LogP contribution in [0.4, 0.5) is 16.4 Å². The third-order valence-electron chi connectivity index (χ3n) is 3.99. The first-order chi connectivity index (χ1) is 13.5. The highest BCUT2D eigenvalue weighted by molar-refractivity contribution is 7.19. The maximum absolute atomic E-state index is 13.0. The number of nitrogens with two attached hydrogens (primary N) is 1. The fourth-order valence-electron chi connectivity index (χ4n) is 2.62. The van der Waals surface area contributed by atoms with Gasteiger partial charge in [-0.05, 0) is 36.4 Å². The Labute approximate surface area is 171 Å². The summed E-state index contributed by atoms with van der Waals surface area (Å²) in [4.78, 5) is 13.3. The standard InChI is InChI=1S/C20H16ClN3O3S/c1-26-15-7-6-11(8-16(15)27-2)18(25)19-17(23)14(10-22)20(28-19)24-13-5-3-4-12(21)9-13/h3-9,24H,23H2,1-2H3. The largest absolute Gasteiger partial charge is 0.493 e. The number of ketones is 1. The molecule has 1 aromatic heterocycles. The Balaban J connectivity index is 2.00. The van der Waals surface area contributed by atoms with E-state index in [-0.39, 0.29) is 21.9 Å². The minimum Gasteiger partial charge on any atom is -0.493 e. The van der Waals surface area contributed by atoms with Gasteiger partial charge >= 0.3 is 0 Å². The molecule has 3 rings (SSSR count).